The summed E-state index contributed by atoms with van der Waals surface area (Å²) in [5.41, 5.74) is 25.4. The van der Waals surface area contributed by atoms with Crippen LogP contribution in [-0.4, -0.2) is 57.6 Å². The third kappa shape index (κ3) is 15.6. The number of hydrogen-bond acceptors (Lipinski definition) is 3. The summed E-state index contributed by atoms with van der Waals surface area (Å²) in [6.07, 6.45) is 0. The first-order valence-corrected chi connectivity index (χ1v) is 54.2. The molecule has 0 spiro atoms. The Morgan fingerprint density at radius 2 is 0.229 bits per heavy atom. The fourth-order valence-corrected chi connectivity index (χ4v) is 116. The Labute approximate surface area is 606 Å². The third-order valence-electron chi connectivity index (χ3n) is 21.6. The molecule has 0 N–H and O–H groups in total. The van der Waals surface area contributed by atoms with Crippen LogP contribution in [0.25, 0.3) is 0 Å². The molecule has 6 aromatic rings. The molecule has 0 aromatic heterocycles. The summed E-state index contributed by atoms with van der Waals surface area (Å²) < 4.78 is 39.8. The van der Waals surface area contributed by atoms with Crippen molar-refractivity contribution >= 4 is 79.1 Å². The average Bonchev–Trinajstić information content (AvgIpc) is 0.671. The first kappa shape index (κ1) is 80.9. The van der Waals surface area contributed by atoms with Gasteiger partial charge in [-0.1, -0.05) is 0 Å². The Bertz CT molecular complexity index is 2910. The molecule has 0 bridgehead atoms. The third-order valence-corrected chi connectivity index (χ3v) is 80.7. The van der Waals surface area contributed by atoms with Crippen molar-refractivity contribution in [1.82, 2.24) is 0 Å². The summed E-state index contributed by atoms with van der Waals surface area (Å²) in [5, 5.41) is 0. The van der Waals surface area contributed by atoms with Crippen molar-refractivity contribution in [2.75, 3.05) is 0 Å². The van der Waals surface area contributed by atoms with Crippen LogP contribution >= 0.6 is 0 Å². The van der Waals surface area contributed by atoms with Gasteiger partial charge in [-0.05, 0) is 0 Å². The normalized spacial score (nSPS) is 15.4. The average molecular weight is 1620 g/mol. The fourth-order valence-electron chi connectivity index (χ4n) is 15.7. The van der Waals surface area contributed by atoms with Gasteiger partial charge in [0.1, 0.15) is 0 Å². The monoisotopic (exact) mass is 1630 g/mol. The van der Waals surface area contributed by atoms with Crippen molar-refractivity contribution in [3.63, 3.8) is 0 Å². The Balaban J connectivity index is 2.24. The molecule has 3 nitrogen and oxygen atoms in total. The van der Waals surface area contributed by atoms with Crippen LogP contribution in [0, 0.1) is 0 Å². The van der Waals surface area contributed by atoms with Gasteiger partial charge in [0, 0.05) is 0 Å². The molecule has 0 unspecified atom stereocenters. The Morgan fingerprint density at radius 1 is 0.146 bits per heavy atom. The Morgan fingerprint density at radius 3 is 0.292 bits per heavy atom. The molecule has 528 valence electrons. The summed E-state index contributed by atoms with van der Waals surface area (Å²) in [7, 11) is 0. The molecule has 1 fully saturated rings. The Hall–Kier alpha value is -2.40. The van der Waals surface area contributed by atoms with Crippen LogP contribution in [0.5, 0.6) is 0 Å². The second-order valence-electron chi connectivity index (χ2n) is 35.4. The maximum atomic E-state index is 10.4. The van der Waals surface area contributed by atoms with E-state index in [9.17, 15) is 4.23 Å². The van der Waals surface area contributed by atoms with E-state index < -0.39 is 57.6 Å². The van der Waals surface area contributed by atoms with Gasteiger partial charge in [0.15, 0.2) is 0 Å². The van der Waals surface area contributed by atoms with E-state index in [0.717, 1.165) is 0 Å². The van der Waals surface area contributed by atoms with E-state index in [1.165, 1.54) is 122 Å². The second kappa shape index (κ2) is 31.7. The molecule has 1 heterocycles. The van der Waals surface area contributed by atoms with Gasteiger partial charge in [0.25, 0.3) is 0 Å². The van der Waals surface area contributed by atoms with Crippen LogP contribution in [0.2, 0.25) is 0 Å². The molecule has 1 saturated heterocycles. The van der Waals surface area contributed by atoms with E-state index in [0.29, 0.717) is 35.5 Å². The van der Waals surface area contributed by atoms with Crippen molar-refractivity contribution in [3.05, 3.63) is 173 Å². The van der Waals surface area contributed by atoms with Gasteiger partial charge >= 0.3 is 612 Å². The molecular weight excluding hydrogens is 1490 g/mol. The minimum atomic E-state index is -6.05. The second-order valence-corrected chi connectivity index (χ2v) is 68.0. The maximum absolute atomic E-state index is 10.4. The summed E-state index contributed by atoms with van der Waals surface area (Å²) in [4.78, 5) is 0. The van der Waals surface area contributed by atoms with E-state index in [4.69, 9.17) is 0 Å². The molecule has 0 radical (unpaired) electrons. The molecule has 1 aliphatic heterocycles. The molecule has 6 heteroatoms. The van der Waals surface area contributed by atoms with Crippen LogP contribution in [0.1, 0.15) is 456 Å². The van der Waals surface area contributed by atoms with E-state index in [2.05, 4.69) is 322 Å². The molecular formula is C90H138O3Sn3. The van der Waals surface area contributed by atoms with Crippen LogP contribution in [0.4, 0.5) is 0 Å². The van der Waals surface area contributed by atoms with Gasteiger partial charge in [-0.3, -0.25) is 0 Å². The topological polar surface area (TPSA) is 27.7 Å². The number of hydrogen-bond donors (Lipinski definition) is 0. The molecule has 7 rings (SSSR count). The van der Waals surface area contributed by atoms with Gasteiger partial charge in [-0.2, -0.15) is 0 Å². The van der Waals surface area contributed by atoms with Crippen molar-refractivity contribution in [2.45, 2.75) is 356 Å². The van der Waals surface area contributed by atoms with Crippen molar-refractivity contribution in [3.8, 4) is 0 Å². The zero-order valence-corrected chi connectivity index (χ0v) is 76.6. The van der Waals surface area contributed by atoms with E-state index >= 15 is 0 Å². The molecule has 0 atom stereocenters. The standard InChI is InChI=1S/6C15H23.3O.3Sn/c6*1-10(2)13-7-14(11(3)4)9-15(8-13)12(5)6;;;;;;/h6*7-8,10-12H,1-6H3;;;;;;. The minimum absolute atomic E-state index is 0.144. The fraction of sp³-hybridized carbons (Fsp3) is 0.600. The summed E-state index contributed by atoms with van der Waals surface area (Å²) >= 11 is -18.1. The number of rotatable bonds is 24. The molecule has 0 amide bonds. The molecule has 6 aromatic carbocycles. The summed E-state index contributed by atoms with van der Waals surface area (Å²) in [5.74, 6) is 3.57. The molecule has 1 aliphatic rings. The molecule has 0 saturated carbocycles. The zero-order valence-electron chi connectivity index (χ0n) is 68.0. The quantitative estimate of drug-likeness (QED) is 0.0565. The zero-order chi connectivity index (χ0) is 72.4. The summed E-state index contributed by atoms with van der Waals surface area (Å²) in [6.45, 7) is 89.0. The van der Waals surface area contributed by atoms with E-state index in [1.54, 1.807) is 0 Å². The van der Waals surface area contributed by atoms with Crippen LogP contribution in [-0.2, 0) is 4.23 Å². The summed E-state index contributed by atoms with van der Waals surface area (Å²) in [6, 6.07) is 32.1. The number of benzene rings is 6. The molecule has 96 heavy (non-hydrogen) atoms. The SMILES string of the molecule is CC(C)c1cc(C(C)C)[c]([Sn]2([c]3c(C(C)C)cc(C(C)C)cc3C(C)C)[O][Sn]([c]3c(C(C)C)cc(C(C)C)cc3C(C)C)([c]3c(C(C)C)cc(C(C)C)cc3C(C)C)[O][Sn]([c]3c(C(C)C)cc(C(C)C)cc3C(C)C)([c]3c(C(C)C)cc(C(C)C)cc3C(C)C)[O]2)c(C(C)C)c1. The van der Waals surface area contributed by atoms with Gasteiger partial charge in [-0.15, -0.1) is 0 Å². The first-order valence-electron chi connectivity index (χ1n) is 38.6. The van der Waals surface area contributed by atoms with Crippen molar-refractivity contribution in [1.29, 1.82) is 0 Å². The van der Waals surface area contributed by atoms with Crippen molar-refractivity contribution < 1.29 is 4.23 Å². The van der Waals surface area contributed by atoms with Gasteiger partial charge in [0.2, 0.25) is 0 Å². The van der Waals surface area contributed by atoms with Gasteiger partial charge in [0.05, 0.1) is 0 Å². The van der Waals surface area contributed by atoms with Gasteiger partial charge < -0.3 is 0 Å². The van der Waals surface area contributed by atoms with Crippen LogP contribution in [0.3, 0.4) is 0 Å². The van der Waals surface area contributed by atoms with Crippen molar-refractivity contribution in [2.24, 2.45) is 0 Å². The van der Waals surface area contributed by atoms with Gasteiger partial charge in [-0.25, -0.2) is 0 Å². The van der Waals surface area contributed by atoms with E-state index in [1.807, 2.05) is 0 Å². The first-order chi connectivity index (χ1) is 44.4. The van der Waals surface area contributed by atoms with Crippen LogP contribution < -0.4 is 21.5 Å². The predicted molar refractivity (Wildman–Crippen MR) is 431 cm³/mol. The van der Waals surface area contributed by atoms with Crippen LogP contribution in [0.15, 0.2) is 72.8 Å². The molecule has 0 aliphatic carbocycles. The van der Waals surface area contributed by atoms with E-state index in [-0.39, 0.29) is 71.0 Å². The Kier molecular flexibility index (Phi) is 26.7. The predicted octanol–water partition coefficient (Wildman–Crippen LogP) is 24.0.